The average Bonchev–Trinajstić information content (AvgIpc) is 3.28. The van der Waals surface area contributed by atoms with Crippen molar-refractivity contribution in [3.8, 4) is 0 Å². The number of hydrogen-bond acceptors (Lipinski definition) is 4. The molecular formula is C23H28N4O4. The van der Waals surface area contributed by atoms with Gasteiger partial charge in [-0.1, -0.05) is 13.8 Å². The molecule has 0 aliphatic carbocycles. The Bertz CT molecular complexity index is 904. The van der Waals surface area contributed by atoms with Gasteiger partial charge in [0.2, 0.25) is 5.91 Å². The van der Waals surface area contributed by atoms with E-state index in [-0.39, 0.29) is 29.9 Å². The zero-order chi connectivity index (χ0) is 22.2. The summed E-state index contributed by atoms with van der Waals surface area (Å²) in [6, 6.07) is 13.2. The van der Waals surface area contributed by atoms with E-state index < -0.39 is 0 Å². The second-order valence-corrected chi connectivity index (χ2v) is 7.72. The van der Waals surface area contributed by atoms with Gasteiger partial charge in [-0.2, -0.15) is 0 Å². The first kappa shape index (κ1) is 22.3. The Morgan fingerprint density at radius 2 is 1.48 bits per heavy atom. The Labute approximate surface area is 181 Å². The number of hydrogen-bond donors (Lipinski definition) is 4. The molecule has 1 saturated heterocycles. The largest absolute Gasteiger partial charge is 0.376 e. The van der Waals surface area contributed by atoms with Crippen molar-refractivity contribution in [3.63, 3.8) is 0 Å². The van der Waals surface area contributed by atoms with Crippen LogP contribution in [0.4, 0.5) is 21.9 Å². The number of rotatable bonds is 7. The van der Waals surface area contributed by atoms with E-state index in [4.69, 9.17) is 4.74 Å². The quantitative estimate of drug-likeness (QED) is 0.542. The van der Waals surface area contributed by atoms with Gasteiger partial charge in [0, 0.05) is 41.7 Å². The van der Waals surface area contributed by atoms with E-state index in [0.29, 0.717) is 29.2 Å². The molecule has 1 atom stereocenters. The van der Waals surface area contributed by atoms with Crippen LogP contribution < -0.4 is 21.3 Å². The lowest BCUT2D eigenvalue weighted by molar-refractivity contribution is -0.118. The van der Waals surface area contributed by atoms with Gasteiger partial charge in [0.1, 0.15) is 0 Å². The summed E-state index contributed by atoms with van der Waals surface area (Å²) < 4.78 is 5.47. The van der Waals surface area contributed by atoms with Crippen molar-refractivity contribution in [2.24, 2.45) is 5.92 Å². The number of benzene rings is 2. The molecule has 0 bridgehead atoms. The summed E-state index contributed by atoms with van der Waals surface area (Å²) in [6.45, 7) is 4.87. The molecule has 2 aromatic rings. The first-order valence-corrected chi connectivity index (χ1v) is 10.4. The van der Waals surface area contributed by atoms with E-state index in [9.17, 15) is 14.4 Å². The normalized spacial score (nSPS) is 15.4. The van der Waals surface area contributed by atoms with E-state index in [1.165, 1.54) is 0 Å². The Morgan fingerprint density at radius 1 is 0.903 bits per heavy atom. The van der Waals surface area contributed by atoms with Gasteiger partial charge in [-0.15, -0.1) is 0 Å². The molecule has 4 N–H and O–H groups in total. The predicted molar refractivity (Wildman–Crippen MR) is 120 cm³/mol. The summed E-state index contributed by atoms with van der Waals surface area (Å²) in [6.07, 6.45) is 2.08. The molecule has 164 valence electrons. The number of carbonyl (C=O) groups excluding carboxylic acids is 3. The molecule has 1 aliphatic rings. The van der Waals surface area contributed by atoms with E-state index in [1.54, 1.807) is 48.5 Å². The third-order valence-corrected chi connectivity index (χ3v) is 4.85. The van der Waals surface area contributed by atoms with Crippen LogP contribution in [0.5, 0.6) is 0 Å². The van der Waals surface area contributed by atoms with Crippen molar-refractivity contribution in [2.75, 3.05) is 29.1 Å². The molecule has 31 heavy (non-hydrogen) atoms. The van der Waals surface area contributed by atoms with Crippen molar-refractivity contribution in [2.45, 2.75) is 32.8 Å². The fraction of sp³-hybridized carbons (Fsp3) is 0.348. The highest BCUT2D eigenvalue weighted by molar-refractivity contribution is 6.04. The summed E-state index contributed by atoms with van der Waals surface area (Å²) in [5, 5.41) is 11.1. The second-order valence-electron chi connectivity index (χ2n) is 7.72. The molecule has 1 fully saturated rings. The highest BCUT2D eigenvalue weighted by atomic mass is 16.5. The molecule has 1 heterocycles. The summed E-state index contributed by atoms with van der Waals surface area (Å²) in [5.41, 5.74) is 2.34. The zero-order valence-electron chi connectivity index (χ0n) is 17.7. The number of ether oxygens (including phenoxy) is 1. The lowest BCUT2D eigenvalue weighted by Crippen LogP contribution is -2.35. The van der Waals surface area contributed by atoms with Crippen LogP contribution in [0.1, 0.15) is 37.0 Å². The molecule has 0 radical (unpaired) electrons. The van der Waals surface area contributed by atoms with Gasteiger partial charge in [-0.05, 0) is 61.4 Å². The van der Waals surface area contributed by atoms with Crippen LogP contribution in [0.2, 0.25) is 0 Å². The molecule has 1 unspecified atom stereocenters. The van der Waals surface area contributed by atoms with E-state index >= 15 is 0 Å². The van der Waals surface area contributed by atoms with Gasteiger partial charge < -0.3 is 26.0 Å². The summed E-state index contributed by atoms with van der Waals surface area (Å²) in [4.78, 5) is 36.2. The molecule has 0 aromatic heterocycles. The highest BCUT2D eigenvalue weighted by Gasteiger charge is 2.16. The van der Waals surface area contributed by atoms with E-state index in [0.717, 1.165) is 19.4 Å². The summed E-state index contributed by atoms with van der Waals surface area (Å²) in [5.74, 6) is -0.462. The fourth-order valence-corrected chi connectivity index (χ4v) is 3.02. The van der Waals surface area contributed by atoms with Crippen LogP contribution in [0.25, 0.3) is 0 Å². The van der Waals surface area contributed by atoms with Gasteiger partial charge in [0.25, 0.3) is 5.91 Å². The lowest BCUT2D eigenvalue weighted by Gasteiger charge is -2.12. The maximum atomic E-state index is 12.4. The SMILES string of the molecule is CC(C)C(=O)Nc1ccc(C(=O)Nc2ccc(NC(=O)NCC3CCCO3)cc2)cc1. The minimum absolute atomic E-state index is 0.0774. The summed E-state index contributed by atoms with van der Waals surface area (Å²) in [7, 11) is 0. The molecule has 8 nitrogen and oxygen atoms in total. The number of anilines is 3. The molecule has 3 rings (SSSR count). The van der Waals surface area contributed by atoms with Gasteiger partial charge in [-0.3, -0.25) is 9.59 Å². The van der Waals surface area contributed by atoms with E-state index in [2.05, 4.69) is 21.3 Å². The number of amides is 4. The molecule has 4 amide bonds. The van der Waals surface area contributed by atoms with Gasteiger partial charge in [-0.25, -0.2) is 4.79 Å². The van der Waals surface area contributed by atoms with Crippen molar-refractivity contribution in [1.29, 1.82) is 0 Å². The van der Waals surface area contributed by atoms with Crippen molar-refractivity contribution in [3.05, 3.63) is 54.1 Å². The molecule has 0 saturated carbocycles. The molecule has 8 heteroatoms. The lowest BCUT2D eigenvalue weighted by atomic mass is 10.1. The van der Waals surface area contributed by atoms with Gasteiger partial charge in [0.15, 0.2) is 0 Å². The van der Waals surface area contributed by atoms with Gasteiger partial charge in [0.05, 0.1) is 6.10 Å². The maximum Gasteiger partial charge on any atom is 0.319 e. The predicted octanol–water partition coefficient (Wildman–Crippen LogP) is 3.83. The van der Waals surface area contributed by atoms with Gasteiger partial charge >= 0.3 is 6.03 Å². The number of carbonyl (C=O) groups is 3. The average molecular weight is 425 g/mol. The first-order valence-electron chi connectivity index (χ1n) is 10.4. The van der Waals surface area contributed by atoms with Crippen molar-refractivity contribution >= 4 is 34.9 Å². The maximum absolute atomic E-state index is 12.4. The Balaban J connectivity index is 1.48. The minimum atomic E-state index is -0.295. The van der Waals surface area contributed by atoms with Crippen LogP contribution in [0.3, 0.4) is 0 Å². The second kappa shape index (κ2) is 10.6. The molecule has 1 aliphatic heterocycles. The van der Waals surface area contributed by atoms with Crippen LogP contribution in [-0.2, 0) is 9.53 Å². The minimum Gasteiger partial charge on any atom is -0.376 e. The van der Waals surface area contributed by atoms with Crippen LogP contribution in [0.15, 0.2) is 48.5 Å². The summed E-state index contributed by atoms with van der Waals surface area (Å²) >= 11 is 0. The number of nitrogens with one attached hydrogen (secondary N) is 4. The van der Waals surface area contributed by atoms with Crippen LogP contribution in [-0.4, -0.2) is 37.1 Å². The first-order chi connectivity index (χ1) is 14.9. The van der Waals surface area contributed by atoms with Crippen LogP contribution >= 0.6 is 0 Å². The topological polar surface area (TPSA) is 109 Å². The molecular weight excluding hydrogens is 396 g/mol. The zero-order valence-corrected chi connectivity index (χ0v) is 17.7. The standard InChI is InChI=1S/C23H28N4O4/c1-15(2)21(28)25-17-7-5-16(6-8-17)22(29)26-18-9-11-19(12-10-18)27-23(30)24-14-20-4-3-13-31-20/h5-12,15,20H,3-4,13-14H2,1-2H3,(H,25,28)(H,26,29)(H2,24,27,30). The fourth-order valence-electron chi connectivity index (χ4n) is 3.02. The molecule has 2 aromatic carbocycles. The van der Waals surface area contributed by atoms with Crippen LogP contribution in [0, 0.1) is 5.92 Å². The monoisotopic (exact) mass is 424 g/mol. The smallest absolute Gasteiger partial charge is 0.319 e. The Hall–Kier alpha value is -3.39. The highest BCUT2D eigenvalue weighted by Crippen LogP contribution is 2.16. The van der Waals surface area contributed by atoms with E-state index in [1.807, 2.05) is 13.8 Å². The number of urea groups is 1. The third kappa shape index (κ3) is 6.82. The van der Waals surface area contributed by atoms with Crippen molar-refractivity contribution in [1.82, 2.24) is 5.32 Å². The third-order valence-electron chi connectivity index (χ3n) is 4.85. The Kier molecular flexibility index (Phi) is 7.61. The molecule has 0 spiro atoms. The van der Waals surface area contributed by atoms with Crippen molar-refractivity contribution < 1.29 is 19.1 Å². The Morgan fingerprint density at radius 3 is 2.06 bits per heavy atom.